The molecule has 0 aromatic heterocycles. The van der Waals surface area contributed by atoms with E-state index in [1.54, 1.807) is 4.90 Å². The Balaban J connectivity index is 1.97. The number of aliphatic carboxylic acids is 1. The number of hydrogen-bond donors (Lipinski definition) is 2. The van der Waals surface area contributed by atoms with Crippen LogP contribution >= 0.6 is 0 Å². The monoisotopic (exact) mass is 242 g/mol. The number of morpholine rings is 1. The molecule has 0 aromatic rings. The summed E-state index contributed by atoms with van der Waals surface area (Å²) < 4.78 is 5.10. The van der Waals surface area contributed by atoms with E-state index in [9.17, 15) is 9.59 Å². The summed E-state index contributed by atoms with van der Waals surface area (Å²) in [6.45, 7) is 3.80. The van der Waals surface area contributed by atoms with Gasteiger partial charge in [0.25, 0.3) is 0 Å². The minimum atomic E-state index is -1.000. The number of nitrogens with zero attached hydrogens (tertiary/aromatic N) is 1. The van der Waals surface area contributed by atoms with Crippen LogP contribution in [0.15, 0.2) is 0 Å². The Morgan fingerprint density at radius 3 is 2.82 bits per heavy atom. The predicted molar refractivity (Wildman–Crippen MR) is 59.5 cm³/mol. The van der Waals surface area contributed by atoms with Gasteiger partial charge in [0.05, 0.1) is 19.1 Å². The van der Waals surface area contributed by atoms with Crippen LogP contribution in [-0.2, 0) is 14.3 Å². The first-order chi connectivity index (χ1) is 8.09. The summed E-state index contributed by atoms with van der Waals surface area (Å²) >= 11 is 0. The predicted octanol–water partition coefficient (Wildman–Crippen LogP) is -0.704. The number of nitrogens with one attached hydrogen (secondary N) is 1. The molecule has 0 radical (unpaired) electrons. The minimum Gasteiger partial charge on any atom is -0.479 e. The van der Waals surface area contributed by atoms with Crippen LogP contribution in [0.25, 0.3) is 0 Å². The lowest BCUT2D eigenvalue weighted by atomic mass is 10.00. The number of amides is 1. The Morgan fingerprint density at radius 2 is 2.24 bits per heavy atom. The Labute approximate surface area is 99.9 Å². The lowest BCUT2D eigenvalue weighted by Gasteiger charge is -2.33. The van der Waals surface area contributed by atoms with Gasteiger partial charge in [0, 0.05) is 12.6 Å². The molecule has 2 heterocycles. The van der Waals surface area contributed by atoms with E-state index in [0.29, 0.717) is 13.2 Å². The lowest BCUT2D eigenvalue weighted by molar-refractivity contribution is -0.160. The highest BCUT2D eigenvalue weighted by Gasteiger charge is 2.36. The molecule has 2 rings (SSSR count). The summed E-state index contributed by atoms with van der Waals surface area (Å²) in [7, 11) is 0. The van der Waals surface area contributed by atoms with Crippen molar-refractivity contribution in [3.05, 3.63) is 0 Å². The molecule has 17 heavy (non-hydrogen) atoms. The highest BCUT2D eigenvalue weighted by molar-refractivity contribution is 5.81. The maximum Gasteiger partial charge on any atom is 0.334 e. The highest BCUT2D eigenvalue weighted by Crippen LogP contribution is 2.19. The third-order valence-electron chi connectivity index (χ3n) is 3.50. The van der Waals surface area contributed by atoms with Crippen molar-refractivity contribution < 1.29 is 19.4 Å². The van der Waals surface area contributed by atoms with E-state index in [1.807, 2.05) is 6.92 Å². The Morgan fingerprint density at radius 1 is 1.47 bits per heavy atom. The molecule has 96 valence electrons. The Kier molecular flexibility index (Phi) is 3.63. The van der Waals surface area contributed by atoms with Crippen molar-refractivity contribution >= 4 is 11.9 Å². The zero-order chi connectivity index (χ0) is 12.4. The van der Waals surface area contributed by atoms with Crippen LogP contribution in [0, 0.1) is 5.92 Å². The van der Waals surface area contributed by atoms with Crippen LogP contribution in [0.5, 0.6) is 0 Å². The van der Waals surface area contributed by atoms with Gasteiger partial charge < -0.3 is 20.1 Å². The summed E-state index contributed by atoms with van der Waals surface area (Å²) in [4.78, 5) is 24.7. The molecular weight excluding hydrogens is 224 g/mol. The van der Waals surface area contributed by atoms with Gasteiger partial charge in [-0.05, 0) is 19.9 Å². The second-order valence-corrected chi connectivity index (χ2v) is 4.62. The second-order valence-electron chi connectivity index (χ2n) is 4.62. The molecule has 3 unspecified atom stereocenters. The number of ether oxygens (including phenoxy) is 1. The fraction of sp³-hybridized carbons (Fsp3) is 0.818. The summed E-state index contributed by atoms with van der Waals surface area (Å²) in [5.74, 6) is -0.973. The molecule has 1 amide bonds. The van der Waals surface area contributed by atoms with E-state index < -0.39 is 12.1 Å². The summed E-state index contributed by atoms with van der Waals surface area (Å²) in [5.41, 5.74) is 0. The second kappa shape index (κ2) is 5.01. The number of rotatable bonds is 2. The van der Waals surface area contributed by atoms with Crippen molar-refractivity contribution in [2.45, 2.75) is 25.5 Å². The molecule has 0 aliphatic carbocycles. The molecule has 2 N–H and O–H groups in total. The van der Waals surface area contributed by atoms with Gasteiger partial charge in [-0.2, -0.15) is 0 Å². The molecule has 6 heteroatoms. The van der Waals surface area contributed by atoms with Gasteiger partial charge in [-0.15, -0.1) is 0 Å². The molecule has 3 atom stereocenters. The maximum atomic E-state index is 12.2. The van der Waals surface area contributed by atoms with E-state index >= 15 is 0 Å². The number of carbonyl (C=O) groups is 2. The van der Waals surface area contributed by atoms with E-state index in [0.717, 1.165) is 13.0 Å². The Hall–Kier alpha value is -1.14. The van der Waals surface area contributed by atoms with Crippen molar-refractivity contribution in [1.29, 1.82) is 0 Å². The van der Waals surface area contributed by atoms with Crippen molar-refractivity contribution in [3.63, 3.8) is 0 Å². The highest BCUT2D eigenvalue weighted by atomic mass is 16.5. The lowest BCUT2D eigenvalue weighted by Crippen LogP contribution is -2.51. The van der Waals surface area contributed by atoms with E-state index in [2.05, 4.69) is 5.32 Å². The standard InChI is InChI=1S/C11H18N2O4/c1-7-8(2-3-12-7)10(14)13-4-5-17-9(6-13)11(15)16/h7-9,12H,2-6H2,1H3,(H,15,16). The van der Waals surface area contributed by atoms with Gasteiger partial charge in [0.15, 0.2) is 6.10 Å². The van der Waals surface area contributed by atoms with Gasteiger partial charge in [0.2, 0.25) is 5.91 Å². The normalized spacial score (nSPS) is 33.7. The SMILES string of the molecule is CC1NCCC1C(=O)N1CCOC(C(=O)O)C1. The summed E-state index contributed by atoms with van der Waals surface area (Å²) in [6, 6.07) is 0.175. The summed E-state index contributed by atoms with van der Waals surface area (Å²) in [6.07, 6.45) is -0.0490. The smallest absolute Gasteiger partial charge is 0.334 e. The minimum absolute atomic E-state index is 0.0254. The molecule has 2 fully saturated rings. The van der Waals surface area contributed by atoms with Gasteiger partial charge >= 0.3 is 5.97 Å². The van der Waals surface area contributed by atoms with Crippen molar-refractivity contribution in [2.75, 3.05) is 26.2 Å². The quantitative estimate of drug-likeness (QED) is 0.669. The average molecular weight is 242 g/mol. The van der Waals surface area contributed by atoms with Gasteiger partial charge in [-0.1, -0.05) is 0 Å². The number of hydrogen-bond acceptors (Lipinski definition) is 4. The number of carbonyl (C=O) groups excluding carboxylic acids is 1. The van der Waals surface area contributed by atoms with Crippen LogP contribution in [0.4, 0.5) is 0 Å². The molecule has 0 bridgehead atoms. The zero-order valence-corrected chi connectivity index (χ0v) is 9.89. The van der Waals surface area contributed by atoms with Crippen LogP contribution < -0.4 is 5.32 Å². The number of carboxylic acid groups (broad SMARTS) is 1. The van der Waals surface area contributed by atoms with Crippen molar-refractivity contribution in [2.24, 2.45) is 5.92 Å². The maximum absolute atomic E-state index is 12.2. The fourth-order valence-electron chi connectivity index (χ4n) is 2.43. The van der Waals surface area contributed by atoms with Gasteiger partial charge in [-0.25, -0.2) is 4.79 Å². The van der Waals surface area contributed by atoms with Crippen molar-refractivity contribution in [1.82, 2.24) is 10.2 Å². The molecule has 2 saturated heterocycles. The molecule has 0 saturated carbocycles. The first-order valence-electron chi connectivity index (χ1n) is 5.96. The molecular formula is C11H18N2O4. The largest absolute Gasteiger partial charge is 0.479 e. The van der Waals surface area contributed by atoms with Gasteiger partial charge in [0.1, 0.15) is 0 Å². The molecule has 6 nitrogen and oxygen atoms in total. The summed E-state index contributed by atoms with van der Waals surface area (Å²) in [5, 5.41) is 12.1. The first-order valence-corrected chi connectivity index (χ1v) is 5.96. The van der Waals surface area contributed by atoms with Crippen LogP contribution in [0.3, 0.4) is 0 Å². The molecule has 0 spiro atoms. The van der Waals surface area contributed by atoms with Gasteiger partial charge in [-0.3, -0.25) is 4.79 Å². The third kappa shape index (κ3) is 2.58. The van der Waals surface area contributed by atoms with Crippen molar-refractivity contribution in [3.8, 4) is 0 Å². The van der Waals surface area contributed by atoms with Crippen LogP contribution in [0.2, 0.25) is 0 Å². The fourth-order valence-corrected chi connectivity index (χ4v) is 2.43. The Bertz CT molecular complexity index is 321. The average Bonchev–Trinajstić information content (AvgIpc) is 2.74. The van der Waals surface area contributed by atoms with Crippen LogP contribution in [0.1, 0.15) is 13.3 Å². The number of carboxylic acids is 1. The first kappa shape index (κ1) is 12.3. The van der Waals surface area contributed by atoms with E-state index in [1.165, 1.54) is 0 Å². The zero-order valence-electron chi connectivity index (χ0n) is 9.89. The third-order valence-corrected chi connectivity index (χ3v) is 3.50. The molecule has 2 aliphatic heterocycles. The molecule has 2 aliphatic rings. The topological polar surface area (TPSA) is 78.9 Å². The van der Waals surface area contributed by atoms with E-state index in [-0.39, 0.29) is 24.4 Å². The van der Waals surface area contributed by atoms with Crippen LogP contribution in [-0.4, -0.2) is 60.3 Å². The van der Waals surface area contributed by atoms with E-state index in [4.69, 9.17) is 9.84 Å². The molecule has 0 aromatic carbocycles.